The summed E-state index contributed by atoms with van der Waals surface area (Å²) in [6.45, 7) is 3.36. The zero-order chi connectivity index (χ0) is 9.97. The lowest BCUT2D eigenvalue weighted by molar-refractivity contribution is 0.540. The van der Waals surface area contributed by atoms with E-state index in [9.17, 15) is 0 Å². The lowest BCUT2D eigenvalue weighted by atomic mass is 9.84. The molecule has 0 saturated carbocycles. The van der Waals surface area contributed by atoms with Crippen LogP contribution in [0.2, 0.25) is 0 Å². The molecular formula is C12H19NS. The van der Waals surface area contributed by atoms with Gasteiger partial charge in [-0.25, -0.2) is 0 Å². The maximum Gasteiger partial charge on any atom is 0.0213 e. The van der Waals surface area contributed by atoms with E-state index in [1.807, 2.05) is 18.4 Å². The number of aryl methyl sites for hydroxylation is 1. The Morgan fingerprint density at radius 3 is 3.14 bits per heavy atom. The van der Waals surface area contributed by atoms with Gasteiger partial charge >= 0.3 is 0 Å². The molecule has 2 heteroatoms. The lowest BCUT2D eigenvalue weighted by Crippen LogP contribution is -2.12. The van der Waals surface area contributed by atoms with Crippen LogP contribution in [0.25, 0.3) is 0 Å². The van der Waals surface area contributed by atoms with E-state index in [1.165, 1.54) is 25.7 Å². The fourth-order valence-electron chi connectivity index (χ4n) is 2.52. The van der Waals surface area contributed by atoms with E-state index in [1.54, 1.807) is 16.0 Å². The summed E-state index contributed by atoms with van der Waals surface area (Å²) in [5, 5.41) is 5.63. The molecule has 0 bridgehead atoms. The Labute approximate surface area is 90.5 Å². The number of hydrogen-bond acceptors (Lipinski definition) is 2. The summed E-state index contributed by atoms with van der Waals surface area (Å²) in [5.41, 5.74) is 3.25. The standard InChI is InChI=1S/C12H19NS/c1-3-9-5-4-6-11-12(9)10(7-13-2)8-14-11/h8-9,13H,3-7H2,1-2H3. The Kier molecular flexibility index (Phi) is 3.24. The minimum Gasteiger partial charge on any atom is -0.316 e. The quantitative estimate of drug-likeness (QED) is 0.805. The zero-order valence-electron chi connectivity index (χ0n) is 9.10. The monoisotopic (exact) mass is 209 g/mol. The summed E-state index contributed by atoms with van der Waals surface area (Å²) < 4.78 is 0. The summed E-state index contributed by atoms with van der Waals surface area (Å²) in [5.74, 6) is 0.841. The van der Waals surface area contributed by atoms with Crippen molar-refractivity contribution in [1.82, 2.24) is 5.32 Å². The van der Waals surface area contributed by atoms with Gasteiger partial charge in [0.15, 0.2) is 0 Å². The highest BCUT2D eigenvalue weighted by Gasteiger charge is 2.22. The molecule has 0 radical (unpaired) electrons. The molecule has 0 amide bonds. The predicted molar refractivity (Wildman–Crippen MR) is 63.1 cm³/mol. The molecule has 1 heterocycles. The Bertz CT molecular complexity index is 303. The zero-order valence-corrected chi connectivity index (χ0v) is 9.91. The molecule has 78 valence electrons. The number of thiophene rings is 1. The van der Waals surface area contributed by atoms with Gasteiger partial charge in [-0.2, -0.15) is 0 Å². The largest absolute Gasteiger partial charge is 0.316 e. The van der Waals surface area contributed by atoms with Crippen molar-refractivity contribution in [3.8, 4) is 0 Å². The molecule has 1 aromatic heterocycles. The van der Waals surface area contributed by atoms with Gasteiger partial charge in [-0.05, 0) is 55.2 Å². The molecule has 1 aromatic rings. The normalized spacial score (nSPS) is 20.9. The summed E-state index contributed by atoms with van der Waals surface area (Å²) in [7, 11) is 2.04. The van der Waals surface area contributed by atoms with E-state index in [0.717, 1.165) is 12.5 Å². The summed E-state index contributed by atoms with van der Waals surface area (Å²) in [6.07, 6.45) is 5.42. The highest BCUT2D eigenvalue weighted by Crippen LogP contribution is 2.39. The van der Waals surface area contributed by atoms with Gasteiger partial charge in [0.2, 0.25) is 0 Å². The minimum atomic E-state index is 0.841. The molecule has 1 atom stereocenters. The first-order chi connectivity index (χ1) is 6.86. The van der Waals surface area contributed by atoms with Gasteiger partial charge in [0.25, 0.3) is 0 Å². The van der Waals surface area contributed by atoms with E-state index < -0.39 is 0 Å². The van der Waals surface area contributed by atoms with Crippen LogP contribution in [0.1, 0.15) is 48.1 Å². The van der Waals surface area contributed by atoms with Gasteiger partial charge in [-0.1, -0.05) is 6.92 Å². The van der Waals surface area contributed by atoms with Crippen molar-refractivity contribution in [3.63, 3.8) is 0 Å². The lowest BCUT2D eigenvalue weighted by Gasteiger charge is -2.22. The molecule has 0 fully saturated rings. The predicted octanol–water partition coefficient (Wildman–Crippen LogP) is 3.30. The van der Waals surface area contributed by atoms with Gasteiger partial charge in [0, 0.05) is 11.4 Å². The van der Waals surface area contributed by atoms with Crippen LogP contribution >= 0.6 is 11.3 Å². The first-order valence-electron chi connectivity index (χ1n) is 5.60. The fraction of sp³-hybridized carbons (Fsp3) is 0.667. The van der Waals surface area contributed by atoms with E-state index in [4.69, 9.17) is 0 Å². The number of rotatable bonds is 3. The SMILES string of the molecule is CCC1CCCc2scc(CNC)c21. The van der Waals surface area contributed by atoms with E-state index in [-0.39, 0.29) is 0 Å². The summed E-state index contributed by atoms with van der Waals surface area (Å²) in [4.78, 5) is 1.66. The Hall–Kier alpha value is -0.340. The molecule has 0 aliphatic heterocycles. The maximum atomic E-state index is 3.27. The van der Waals surface area contributed by atoms with Gasteiger partial charge in [0.1, 0.15) is 0 Å². The van der Waals surface area contributed by atoms with Crippen molar-refractivity contribution in [2.24, 2.45) is 0 Å². The topological polar surface area (TPSA) is 12.0 Å². The first kappa shape index (κ1) is 10.2. The van der Waals surface area contributed by atoms with Gasteiger partial charge in [0.05, 0.1) is 0 Å². The van der Waals surface area contributed by atoms with Crippen molar-refractivity contribution >= 4 is 11.3 Å². The second-order valence-electron chi connectivity index (χ2n) is 4.13. The second kappa shape index (κ2) is 4.45. The molecule has 1 aliphatic carbocycles. The van der Waals surface area contributed by atoms with E-state index >= 15 is 0 Å². The molecule has 1 N–H and O–H groups in total. The molecule has 1 unspecified atom stereocenters. The van der Waals surface area contributed by atoms with Crippen molar-refractivity contribution in [1.29, 1.82) is 0 Å². The third-order valence-corrected chi connectivity index (χ3v) is 4.33. The Morgan fingerprint density at radius 2 is 2.43 bits per heavy atom. The fourth-order valence-corrected chi connectivity index (χ4v) is 3.70. The van der Waals surface area contributed by atoms with Crippen LogP contribution in [0, 0.1) is 0 Å². The molecule has 0 aromatic carbocycles. The molecule has 0 spiro atoms. The van der Waals surface area contributed by atoms with Crippen molar-refractivity contribution in [2.45, 2.75) is 45.1 Å². The summed E-state index contributed by atoms with van der Waals surface area (Å²) in [6, 6.07) is 0. The molecule has 1 nitrogen and oxygen atoms in total. The third-order valence-electron chi connectivity index (χ3n) is 3.21. The first-order valence-corrected chi connectivity index (χ1v) is 6.48. The second-order valence-corrected chi connectivity index (χ2v) is 5.09. The molecule has 1 aliphatic rings. The molecule has 0 saturated heterocycles. The molecule has 14 heavy (non-hydrogen) atoms. The smallest absolute Gasteiger partial charge is 0.0213 e. The average Bonchev–Trinajstić information content (AvgIpc) is 2.62. The molecule has 2 rings (SSSR count). The highest BCUT2D eigenvalue weighted by atomic mass is 32.1. The summed E-state index contributed by atoms with van der Waals surface area (Å²) >= 11 is 1.97. The van der Waals surface area contributed by atoms with E-state index in [2.05, 4.69) is 17.6 Å². The van der Waals surface area contributed by atoms with Gasteiger partial charge in [-0.15, -0.1) is 11.3 Å². The highest BCUT2D eigenvalue weighted by molar-refractivity contribution is 7.10. The minimum absolute atomic E-state index is 0.841. The van der Waals surface area contributed by atoms with Crippen LogP contribution in [-0.4, -0.2) is 7.05 Å². The average molecular weight is 209 g/mol. The number of fused-ring (bicyclic) bond motifs is 1. The van der Waals surface area contributed by atoms with Crippen molar-refractivity contribution in [2.75, 3.05) is 7.05 Å². The number of nitrogens with one attached hydrogen (secondary N) is 1. The number of hydrogen-bond donors (Lipinski definition) is 1. The van der Waals surface area contributed by atoms with Crippen molar-refractivity contribution in [3.05, 3.63) is 21.4 Å². The van der Waals surface area contributed by atoms with Crippen molar-refractivity contribution < 1.29 is 0 Å². The van der Waals surface area contributed by atoms with Crippen LogP contribution in [0.3, 0.4) is 0 Å². The van der Waals surface area contributed by atoms with Crippen LogP contribution in [0.15, 0.2) is 5.38 Å². The van der Waals surface area contributed by atoms with Crippen LogP contribution in [0.4, 0.5) is 0 Å². The van der Waals surface area contributed by atoms with Gasteiger partial charge in [-0.3, -0.25) is 0 Å². The Balaban J connectivity index is 2.31. The third kappa shape index (κ3) is 1.73. The Morgan fingerprint density at radius 1 is 1.57 bits per heavy atom. The van der Waals surface area contributed by atoms with Gasteiger partial charge < -0.3 is 5.32 Å². The molecular weight excluding hydrogens is 190 g/mol. The van der Waals surface area contributed by atoms with Crippen LogP contribution < -0.4 is 5.32 Å². The van der Waals surface area contributed by atoms with Crippen LogP contribution in [0.5, 0.6) is 0 Å². The maximum absolute atomic E-state index is 3.27. The van der Waals surface area contributed by atoms with Crippen LogP contribution in [-0.2, 0) is 13.0 Å². The van der Waals surface area contributed by atoms with E-state index in [0.29, 0.717) is 0 Å².